The minimum Gasteiger partial charge on any atom is -0.309 e. The van der Waals surface area contributed by atoms with E-state index in [2.05, 4.69) is 491 Å². The van der Waals surface area contributed by atoms with Gasteiger partial charge in [-0.05, 0) is 224 Å². The summed E-state index contributed by atoms with van der Waals surface area (Å²) in [5, 5.41) is 14.6. The zero-order valence-electron chi connectivity index (χ0n) is 71.8. The summed E-state index contributed by atoms with van der Waals surface area (Å²) >= 11 is 0. The minimum absolute atomic E-state index is 0.679. The van der Waals surface area contributed by atoms with Gasteiger partial charge in [-0.15, -0.1) is 0 Å². The van der Waals surface area contributed by atoms with Crippen LogP contribution in [0.4, 0.5) is 0 Å². The van der Waals surface area contributed by atoms with Crippen molar-refractivity contribution in [2.75, 3.05) is 0 Å². The molecule has 0 unspecified atom stereocenters. The van der Waals surface area contributed by atoms with E-state index in [0.717, 1.165) is 101 Å². The fourth-order valence-electron chi connectivity index (χ4n) is 19.8. The Bertz CT molecular complexity index is 8760. The van der Waals surface area contributed by atoms with Crippen LogP contribution in [-0.4, -0.2) is 38.2 Å². The first kappa shape index (κ1) is 76.7. The lowest BCUT2D eigenvalue weighted by Gasteiger charge is -2.12. The van der Waals surface area contributed by atoms with E-state index >= 15 is 0 Å². The fourth-order valence-corrected chi connectivity index (χ4v) is 19.8. The molecule has 8 nitrogen and oxygen atoms in total. The summed E-state index contributed by atoms with van der Waals surface area (Å²) < 4.78 is 9.52. The Hall–Kier alpha value is -17.7. The van der Waals surface area contributed by atoms with E-state index in [4.69, 9.17) is 19.9 Å². The Labute approximate surface area is 762 Å². The average Bonchev–Trinajstić information content (AvgIpc) is 1.59. The summed E-state index contributed by atoms with van der Waals surface area (Å²) in [5.41, 5.74) is 33.0. The van der Waals surface area contributed by atoms with Crippen LogP contribution >= 0.6 is 0 Å². The molecule has 6 heterocycles. The van der Waals surface area contributed by atoms with Crippen molar-refractivity contribution >= 4 is 109 Å². The summed E-state index contributed by atoms with van der Waals surface area (Å²) in [6, 6.07) is 174. The van der Waals surface area contributed by atoms with Gasteiger partial charge in [0.15, 0.2) is 11.6 Å². The van der Waals surface area contributed by atoms with Crippen LogP contribution < -0.4 is 0 Å². The van der Waals surface area contributed by atoms with E-state index < -0.39 is 0 Å². The van der Waals surface area contributed by atoms with Gasteiger partial charge in [0.1, 0.15) is 0 Å². The molecular formula is C124H80N8. The van der Waals surface area contributed by atoms with Crippen LogP contribution in [0.15, 0.2) is 485 Å². The second-order valence-corrected chi connectivity index (χ2v) is 34.0. The first-order valence-electron chi connectivity index (χ1n) is 44.9. The highest BCUT2D eigenvalue weighted by Gasteiger charge is 2.23. The Balaban J connectivity index is 0.000000142. The van der Waals surface area contributed by atoms with Gasteiger partial charge in [-0.25, -0.2) is 19.9 Å². The van der Waals surface area contributed by atoms with Crippen LogP contribution in [0.2, 0.25) is 0 Å². The molecule has 0 spiro atoms. The van der Waals surface area contributed by atoms with Gasteiger partial charge in [0, 0.05) is 99.2 Å². The number of benzene rings is 20. The van der Waals surface area contributed by atoms with Gasteiger partial charge < -0.3 is 18.3 Å². The largest absolute Gasteiger partial charge is 0.309 e. The lowest BCUT2D eigenvalue weighted by molar-refractivity contribution is 1.16. The molecule has 0 radical (unpaired) electrons. The molecule has 26 aromatic rings. The molecule has 0 saturated heterocycles. The number of hydrogen-bond acceptors (Lipinski definition) is 4. The molecule has 0 atom stereocenters. The van der Waals surface area contributed by atoms with E-state index in [-0.39, 0.29) is 0 Å². The maximum Gasteiger partial charge on any atom is 0.160 e. The van der Waals surface area contributed by atoms with Gasteiger partial charge in [0.25, 0.3) is 0 Å². The fraction of sp³-hybridized carbons (Fsp3) is 0. The highest BCUT2D eigenvalue weighted by molar-refractivity contribution is 6.15. The molecule has 26 rings (SSSR count). The Morgan fingerprint density at radius 3 is 0.742 bits per heavy atom. The van der Waals surface area contributed by atoms with E-state index in [1.807, 2.05) is 12.1 Å². The van der Waals surface area contributed by atoms with Crippen molar-refractivity contribution < 1.29 is 0 Å². The molecule has 0 saturated carbocycles. The van der Waals surface area contributed by atoms with E-state index in [1.54, 1.807) is 0 Å². The second kappa shape index (κ2) is 32.3. The van der Waals surface area contributed by atoms with Gasteiger partial charge in [-0.1, -0.05) is 328 Å². The van der Waals surface area contributed by atoms with E-state index in [1.165, 1.54) is 131 Å². The molecule has 132 heavy (non-hydrogen) atoms. The first-order chi connectivity index (χ1) is 65.4. The smallest absolute Gasteiger partial charge is 0.160 e. The topological polar surface area (TPSA) is 71.3 Å². The maximum absolute atomic E-state index is 5.23. The van der Waals surface area contributed by atoms with Crippen molar-refractivity contribution in [1.29, 1.82) is 0 Å². The lowest BCUT2D eigenvalue weighted by Crippen LogP contribution is -1.97. The number of nitrogens with zero attached hydrogens (tertiary/aromatic N) is 8. The lowest BCUT2D eigenvalue weighted by atomic mass is 10.0. The van der Waals surface area contributed by atoms with Gasteiger partial charge in [-0.3, -0.25) is 0 Å². The molecule has 0 aliphatic rings. The van der Waals surface area contributed by atoms with Crippen molar-refractivity contribution in [3.63, 3.8) is 0 Å². The van der Waals surface area contributed by atoms with Gasteiger partial charge >= 0.3 is 0 Å². The molecule has 0 aliphatic carbocycles. The highest BCUT2D eigenvalue weighted by Crippen LogP contribution is 2.44. The summed E-state index contributed by atoms with van der Waals surface area (Å²) in [6.45, 7) is 0. The third-order valence-corrected chi connectivity index (χ3v) is 26.3. The average molecular weight is 1680 g/mol. The van der Waals surface area contributed by atoms with Crippen molar-refractivity contribution in [3.8, 4) is 135 Å². The van der Waals surface area contributed by atoms with Crippen LogP contribution in [0.1, 0.15) is 0 Å². The number of rotatable bonds is 14. The van der Waals surface area contributed by atoms with Gasteiger partial charge in [-0.2, -0.15) is 0 Å². The SMILES string of the molecule is c1ccc(-c2ccc(-c3cc(-c4ccc(-c5ccccc5)cc4)nc(-c4ccc(-n5c6ccccc6c6cc(-c7ccc8c9ccccc9n(-c9ccccc9)c8c7)ccc65)cc4)n3)cc2)cc1.c1ccc(-n2c3ccccc3c3ccc(-c4ccc5c(c4)c4ccccc4n5-c4ccc(-c5nc(-c6ccc7ccccc7c6)cc(-c6ccc7ccccc7c6)n5)cc4)cc32)cc1. The van der Waals surface area contributed by atoms with Crippen LogP contribution in [0, 0.1) is 0 Å². The first-order valence-corrected chi connectivity index (χ1v) is 44.9. The van der Waals surface area contributed by atoms with Gasteiger partial charge in [0.2, 0.25) is 0 Å². The molecule has 0 aliphatic heterocycles. The highest BCUT2D eigenvalue weighted by atomic mass is 15.0. The van der Waals surface area contributed by atoms with Crippen molar-refractivity contribution in [2.45, 2.75) is 0 Å². The van der Waals surface area contributed by atoms with Crippen LogP contribution in [0.3, 0.4) is 0 Å². The molecular weight excluding hydrogens is 1600 g/mol. The summed E-state index contributed by atoms with van der Waals surface area (Å²) in [6.07, 6.45) is 0. The third-order valence-electron chi connectivity index (χ3n) is 26.3. The van der Waals surface area contributed by atoms with Crippen LogP contribution in [0.5, 0.6) is 0 Å². The normalized spacial score (nSPS) is 11.6. The summed E-state index contributed by atoms with van der Waals surface area (Å²) in [5.74, 6) is 1.37. The maximum atomic E-state index is 5.23. The number of para-hydroxylation sites is 6. The second-order valence-electron chi connectivity index (χ2n) is 34.0. The standard InChI is InChI=1S/C64H42N4.C60H38N4/c1-4-14-43(15-5-1)45-24-28-47(29-25-45)58-42-59(48-30-26-46(27-31-48)44-16-6-2-7-17-44)66-64(65-58)49-32-36-53(37-33-49)67-61-23-13-11-21-55(61)57-40-50(35-39-62(57)67)51-34-38-56-54-20-10-12-22-60(54)68(63(56)41-51)52-18-8-3-9-19-52;1-2-16-48(17-3-1)64-56-20-10-8-18-50(56)52-32-28-45(37-59(52)64)44-29-33-58-53(36-44)51-19-9-11-21-57(51)63(58)49-30-26-41(27-31-49)60-61-54(46-24-22-39-12-4-6-14-42(39)34-46)38-55(62-60)47-25-23-40-13-5-7-15-43(40)35-47/h1-42H;1-38H. The monoisotopic (exact) mass is 1680 g/mol. The molecule has 0 bridgehead atoms. The molecule has 6 aromatic heterocycles. The predicted molar refractivity (Wildman–Crippen MR) is 551 cm³/mol. The zero-order chi connectivity index (χ0) is 87.1. The number of aromatic nitrogens is 8. The molecule has 616 valence electrons. The molecule has 0 amide bonds. The summed E-state index contributed by atoms with van der Waals surface area (Å²) in [4.78, 5) is 20.9. The molecule has 0 fully saturated rings. The zero-order valence-corrected chi connectivity index (χ0v) is 71.8. The van der Waals surface area contributed by atoms with Crippen LogP contribution in [0.25, 0.3) is 244 Å². The molecule has 20 aromatic carbocycles. The van der Waals surface area contributed by atoms with Crippen LogP contribution in [-0.2, 0) is 0 Å². The Morgan fingerprint density at radius 2 is 0.364 bits per heavy atom. The number of hydrogen-bond donors (Lipinski definition) is 0. The van der Waals surface area contributed by atoms with Crippen molar-refractivity contribution in [2.24, 2.45) is 0 Å². The Kier molecular flexibility index (Phi) is 18.8. The van der Waals surface area contributed by atoms with Crippen molar-refractivity contribution in [1.82, 2.24) is 38.2 Å². The molecule has 0 N–H and O–H groups in total. The quantitative estimate of drug-likeness (QED) is 0.109. The predicted octanol–water partition coefficient (Wildman–Crippen LogP) is 32.3. The Morgan fingerprint density at radius 1 is 0.121 bits per heavy atom. The molecule has 8 heteroatoms. The number of fused-ring (bicyclic) bond motifs is 14. The summed E-state index contributed by atoms with van der Waals surface area (Å²) in [7, 11) is 0. The van der Waals surface area contributed by atoms with Gasteiger partial charge in [0.05, 0.1) is 66.9 Å². The van der Waals surface area contributed by atoms with E-state index in [0.29, 0.717) is 11.6 Å². The minimum atomic E-state index is 0.679. The van der Waals surface area contributed by atoms with E-state index in [9.17, 15) is 0 Å². The van der Waals surface area contributed by atoms with Crippen molar-refractivity contribution in [3.05, 3.63) is 485 Å². The third kappa shape index (κ3) is 13.7.